The highest BCUT2D eigenvalue weighted by molar-refractivity contribution is 5.83. The van der Waals surface area contributed by atoms with Crippen LogP contribution in [0.2, 0.25) is 0 Å². The molecule has 1 saturated carbocycles. The molecule has 0 unspecified atom stereocenters. The van der Waals surface area contributed by atoms with Crippen LogP contribution in [0.4, 0.5) is 10.1 Å². The van der Waals surface area contributed by atoms with Crippen molar-refractivity contribution in [2.75, 3.05) is 5.43 Å². The van der Waals surface area contributed by atoms with Crippen molar-refractivity contribution in [2.45, 2.75) is 12.3 Å². The Morgan fingerprint density at radius 3 is 2.74 bits per heavy atom. The molecule has 0 aliphatic heterocycles. The molecule has 0 radical (unpaired) electrons. The number of nitrogens with one attached hydrogen (secondary N) is 2. The third-order valence-corrected chi connectivity index (χ3v) is 3.21. The summed E-state index contributed by atoms with van der Waals surface area (Å²) in [4.78, 5) is 11.9. The molecule has 0 saturated heterocycles. The maximum absolute atomic E-state index is 12.7. The van der Waals surface area contributed by atoms with Crippen molar-refractivity contribution in [3.8, 4) is 0 Å². The topological polar surface area (TPSA) is 54.3 Å². The van der Waals surface area contributed by atoms with Gasteiger partial charge in [-0.05, 0) is 42.8 Å². The van der Waals surface area contributed by atoms with Crippen molar-refractivity contribution in [1.29, 1.82) is 0 Å². The number of hydrogen-bond acceptors (Lipinski definition) is 3. The Morgan fingerprint density at radius 1 is 1.26 bits per heavy atom. The second-order valence-corrected chi connectivity index (χ2v) is 4.59. The van der Waals surface area contributed by atoms with Gasteiger partial charge in [-0.15, -0.1) is 0 Å². The van der Waals surface area contributed by atoms with Crippen LogP contribution in [0.15, 0.2) is 47.1 Å². The number of furan rings is 1. The molecule has 1 fully saturated rings. The summed E-state index contributed by atoms with van der Waals surface area (Å²) < 4.78 is 18.0. The molecule has 2 N–H and O–H groups in total. The van der Waals surface area contributed by atoms with Gasteiger partial charge in [0.15, 0.2) is 0 Å². The Morgan fingerprint density at radius 2 is 2.05 bits per heavy atom. The minimum atomic E-state index is -0.308. The molecule has 3 rings (SSSR count). The molecule has 19 heavy (non-hydrogen) atoms. The fourth-order valence-electron chi connectivity index (χ4n) is 2.06. The Bertz CT molecular complexity index is 566. The second-order valence-electron chi connectivity index (χ2n) is 4.59. The highest BCUT2D eigenvalue weighted by Crippen LogP contribution is 2.47. The van der Waals surface area contributed by atoms with Crippen LogP contribution in [0.3, 0.4) is 0 Å². The van der Waals surface area contributed by atoms with Crippen LogP contribution in [-0.2, 0) is 4.79 Å². The second kappa shape index (κ2) is 4.76. The van der Waals surface area contributed by atoms with E-state index in [1.54, 1.807) is 18.4 Å². The molecule has 2 atom stereocenters. The van der Waals surface area contributed by atoms with E-state index < -0.39 is 0 Å². The summed E-state index contributed by atoms with van der Waals surface area (Å²) in [6, 6.07) is 9.48. The lowest BCUT2D eigenvalue weighted by Crippen LogP contribution is -2.31. The molecule has 2 aromatic rings. The largest absolute Gasteiger partial charge is 0.469 e. The van der Waals surface area contributed by atoms with Gasteiger partial charge in [-0.1, -0.05) is 0 Å². The molecule has 1 aliphatic carbocycles. The third kappa shape index (κ3) is 2.59. The van der Waals surface area contributed by atoms with Gasteiger partial charge < -0.3 is 4.42 Å². The number of rotatable bonds is 4. The predicted molar refractivity (Wildman–Crippen MR) is 67.7 cm³/mol. The fourth-order valence-corrected chi connectivity index (χ4v) is 2.06. The van der Waals surface area contributed by atoms with Gasteiger partial charge in [-0.3, -0.25) is 15.6 Å². The minimum absolute atomic E-state index is 0.0564. The number of hydrazine groups is 1. The molecular weight excluding hydrogens is 247 g/mol. The van der Waals surface area contributed by atoms with Crippen LogP contribution >= 0.6 is 0 Å². The van der Waals surface area contributed by atoms with Crippen molar-refractivity contribution in [3.63, 3.8) is 0 Å². The van der Waals surface area contributed by atoms with Gasteiger partial charge in [-0.2, -0.15) is 0 Å². The van der Waals surface area contributed by atoms with Crippen LogP contribution in [-0.4, -0.2) is 5.91 Å². The molecule has 98 valence electrons. The van der Waals surface area contributed by atoms with Crippen molar-refractivity contribution in [3.05, 3.63) is 54.2 Å². The summed E-state index contributed by atoms with van der Waals surface area (Å²) in [5.41, 5.74) is 6.02. The van der Waals surface area contributed by atoms with Crippen LogP contribution in [0, 0.1) is 11.7 Å². The van der Waals surface area contributed by atoms with Crippen LogP contribution in [0.1, 0.15) is 18.1 Å². The average Bonchev–Trinajstić information content (AvgIpc) is 3.04. The van der Waals surface area contributed by atoms with Gasteiger partial charge in [0.05, 0.1) is 17.9 Å². The molecule has 0 bridgehead atoms. The Labute approximate surface area is 109 Å². The smallest absolute Gasteiger partial charge is 0.242 e. The van der Waals surface area contributed by atoms with Crippen LogP contribution in [0.25, 0.3) is 0 Å². The normalized spacial score (nSPS) is 20.9. The van der Waals surface area contributed by atoms with Crippen molar-refractivity contribution in [1.82, 2.24) is 5.43 Å². The van der Waals surface area contributed by atoms with Crippen LogP contribution in [0.5, 0.6) is 0 Å². The van der Waals surface area contributed by atoms with E-state index in [1.807, 2.05) is 12.1 Å². The number of benzene rings is 1. The SMILES string of the molecule is O=C(NNc1ccc(F)cc1)[C@@H]1C[C@H]1c1ccco1. The maximum atomic E-state index is 12.7. The van der Waals surface area contributed by atoms with Gasteiger partial charge in [-0.25, -0.2) is 4.39 Å². The molecule has 1 heterocycles. The number of carbonyl (C=O) groups is 1. The zero-order valence-corrected chi connectivity index (χ0v) is 10.1. The van der Waals surface area contributed by atoms with E-state index >= 15 is 0 Å². The number of hydrogen-bond donors (Lipinski definition) is 2. The lowest BCUT2D eigenvalue weighted by Gasteiger charge is -2.07. The van der Waals surface area contributed by atoms with Gasteiger partial charge in [0.25, 0.3) is 0 Å². The first-order valence-electron chi connectivity index (χ1n) is 6.09. The number of anilines is 1. The molecular formula is C14H13FN2O2. The van der Waals surface area contributed by atoms with Crippen LogP contribution < -0.4 is 10.9 Å². The average molecular weight is 260 g/mol. The predicted octanol–water partition coefficient (Wildman–Crippen LogP) is 2.67. The number of halogens is 1. The third-order valence-electron chi connectivity index (χ3n) is 3.21. The molecule has 1 aromatic carbocycles. The zero-order valence-electron chi connectivity index (χ0n) is 10.1. The highest BCUT2D eigenvalue weighted by Gasteiger charge is 2.45. The zero-order chi connectivity index (χ0) is 13.2. The summed E-state index contributed by atoms with van der Waals surface area (Å²) in [5.74, 6) is 0.578. The van der Waals surface area contributed by atoms with Crippen molar-refractivity contribution in [2.24, 2.45) is 5.92 Å². The van der Waals surface area contributed by atoms with Gasteiger partial charge in [0.1, 0.15) is 11.6 Å². The lowest BCUT2D eigenvalue weighted by molar-refractivity contribution is -0.121. The summed E-state index contributed by atoms with van der Waals surface area (Å²) in [6.45, 7) is 0. The first-order valence-corrected chi connectivity index (χ1v) is 6.09. The molecule has 0 spiro atoms. The first-order chi connectivity index (χ1) is 9.24. The van der Waals surface area contributed by atoms with E-state index in [9.17, 15) is 9.18 Å². The van der Waals surface area contributed by atoms with E-state index in [0.717, 1.165) is 12.2 Å². The monoisotopic (exact) mass is 260 g/mol. The van der Waals surface area contributed by atoms with E-state index in [-0.39, 0.29) is 23.6 Å². The molecule has 5 heteroatoms. The number of amides is 1. The number of carbonyl (C=O) groups excluding carboxylic acids is 1. The molecule has 1 aromatic heterocycles. The highest BCUT2D eigenvalue weighted by atomic mass is 19.1. The summed E-state index contributed by atoms with van der Waals surface area (Å²) in [5, 5.41) is 0. The van der Waals surface area contributed by atoms with Crippen molar-refractivity contribution >= 4 is 11.6 Å². The molecule has 4 nitrogen and oxygen atoms in total. The Balaban J connectivity index is 1.52. The molecule has 1 aliphatic rings. The van der Waals surface area contributed by atoms with E-state index in [4.69, 9.17) is 4.42 Å². The Hall–Kier alpha value is -2.30. The summed E-state index contributed by atoms with van der Waals surface area (Å²) in [7, 11) is 0. The lowest BCUT2D eigenvalue weighted by atomic mass is 10.2. The van der Waals surface area contributed by atoms with Crippen molar-refractivity contribution < 1.29 is 13.6 Å². The summed E-state index contributed by atoms with van der Waals surface area (Å²) in [6.07, 6.45) is 2.41. The quantitative estimate of drug-likeness (QED) is 0.831. The van der Waals surface area contributed by atoms with E-state index in [1.165, 1.54) is 12.1 Å². The first kappa shape index (κ1) is 11.8. The van der Waals surface area contributed by atoms with E-state index in [2.05, 4.69) is 10.9 Å². The Kier molecular flexibility index (Phi) is 2.95. The fraction of sp³-hybridized carbons (Fsp3) is 0.214. The van der Waals surface area contributed by atoms with Gasteiger partial charge in [0.2, 0.25) is 5.91 Å². The molecule has 1 amide bonds. The maximum Gasteiger partial charge on any atom is 0.242 e. The summed E-state index contributed by atoms with van der Waals surface area (Å²) >= 11 is 0. The van der Waals surface area contributed by atoms with E-state index in [0.29, 0.717) is 5.69 Å². The minimum Gasteiger partial charge on any atom is -0.469 e. The van der Waals surface area contributed by atoms with Gasteiger partial charge >= 0.3 is 0 Å². The van der Waals surface area contributed by atoms with Gasteiger partial charge in [0, 0.05) is 5.92 Å². The standard InChI is InChI=1S/C14H13FN2O2/c15-9-3-5-10(6-4-9)16-17-14(18)12-8-11(12)13-2-1-7-19-13/h1-7,11-12,16H,8H2,(H,17,18)/t11-,12-/m1/s1.